The van der Waals surface area contributed by atoms with Crippen molar-refractivity contribution in [3.63, 3.8) is 0 Å². The number of aromatic nitrogens is 1. The molecule has 1 aromatic heterocycles. The molecule has 0 radical (unpaired) electrons. The van der Waals surface area contributed by atoms with Crippen LogP contribution in [0.3, 0.4) is 0 Å². The Kier molecular flexibility index (Phi) is 6.16. The summed E-state index contributed by atoms with van der Waals surface area (Å²) in [5.41, 5.74) is 0.733. The molecule has 4 aliphatic rings. The van der Waals surface area contributed by atoms with Gasteiger partial charge in [0.2, 0.25) is 0 Å². The number of morpholine rings is 1. The first-order valence-electron chi connectivity index (χ1n) is 11.3. The van der Waals surface area contributed by atoms with Crippen LogP contribution in [0.2, 0.25) is 0 Å². The number of hydrogen-bond acceptors (Lipinski definition) is 6. The van der Waals surface area contributed by atoms with E-state index in [0.29, 0.717) is 12.0 Å². The molecule has 2 bridgehead atoms. The van der Waals surface area contributed by atoms with Crippen LogP contribution in [0.1, 0.15) is 30.1 Å². The van der Waals surface area contributed by atoms with Crippen LogP contribution in [0.5, 0.6) is 0 Å². The van der Waals surface area contributed by atoms with Gasteiger partial charge >= 0.3 is 0 Å². The fourth-order valence-electron chi connectivity index (χ4n) is 5.02. The molecule has 6 nitrogen and oxygen atoms in total. The van der Waals surface area contributed by atoms with Crippen molar-refractivity contribution in [3.8, 4) is 0 Å². The minimum atomic E-state index is 0.0423. The first kappa shape index (κ1) is 20.8. The molecule has 5 heterocycles. The van der Waals surface area contributed by atoms with Gasteiger partial charge in [0.15, 0.2) is 0 Å². The summed E-state index contributed by atoms with van der Waals surface area (Å²) in [6.45, 7) is 7.85. The van der Waals surface area contributed by atoms with Gasteiger partial charge in [-0.05, 0) is 75.2 Å². The van der Waals surface area contributed by atoms with Gasteiger partial charge in [-0.3, -0.25) is 9.69 Å². The number of fused-ring (bicyclic) bond motifs is 3. The molecule has 164 valence electrons. The van der Waals surface area contributed by atoms with Crippen LogP contribution in [0.15, 0.2) is 52.4 Å². The predicted octanol–water partition coefficient (Wildman–Crippen LogP) is 3.28. The normalized spacial score (nSPS) is 27.8. The highest BCUT2D eigenvalue weighted by molar-refractivity contribution is 7.99. The third kappa shape index (κ3) is 4.59. The van der Waals surface area contributed by atoms with Crippen molar-refractivity contribution < 1.29 is 9.53 Å². The molecule has 4 aliphatic heterocycles. The molecule has 1 amide bonds. The number of hydrogen-bond donors (Lipinski definition) is 1. The second-order valence-electron chi connectivity index (χ2n) is 8.69. The summed E-state index contributed by atoms with van der Waals surface area (Å²) in [5.74, 6) is 1.66. The van der Waals surface area contributed by atoms with E-state index in [4.69, 9.17) is 4.74 Å². The maximum atomic E-state index is 12.9. The van der Waals surface area contributed by atoms with E-state index in [1.54, 1.807) is 11.8 Å². The third-order valence-corrected chi connectivity index (χ3v) is 7.88. The van der Waals surface area contributed by atoms with Crippen molar-refractivity contribution in [2.45, 2.75) is 41.6 Å². The minimum Gasteiger partial charge on any atom is -0.378 e. The lowest BCUT2D eigenvalue weighted by Crippen LogP contribution is -2.62. The SMILES string of the molecule is C[C@@H]1[C@H](NC(=O)c2ccc(Sc3ccnc(N4CCOCC4)c3)cc2)C2CCN1CC2. The summed E-state index contributed by atoms with van der Waals surface area (Å²) in [7, 11) is 0. The highest BCUT2D eigenvalue weighted by atomic mass is 32.2. The van der Waals surface area contributed by atoms with Crippen LogP contribution < -0.4 is 10.2 Å². The van der Waals surface area contributed by atoms with E-state index in [1.165, 1.54) is 25.9 Å². The Hall–Kier alpha value is -2.09. The highest BCUT2D eigenvalue weighted by Crippen LogP contribution is 2.33. The number of nitrogens with zero attached hydrogens (tertiary/aromatic N) is 3. The Labute approximate surface area is 188 Å². The number of piperidine rings is 3. The van der Waals surface area contributed by atoms with E-state index in [1.807, 2.05) is 36.5 Å². The van der Waals surface area contributed by atoms with Crippen molar-refractivity contribution in [2.75, 3.05) is 44.3 Å². The summed E-state index contributed by atoms with van der Waals surface area (Å²) in [6.07, 6.45) is 4.26. The van der Waals surface area contributed by atoms with Gasteiger partial charge in [-0.15, -0.1) is 0 Å². The van der Waals surface area contributed by atoms with Gasteiger partial charge in [-0.25, -0.2) is 4.98 Å². The zero-order valence-corrected chi connectivity index (χ0v) is 18.8. The molecule has 2 aromatic rings. The number of nitrogens with one attached hydrogen (secondary N) is 1. The largest absolute Gasteiger partial charge is 0.378 e. The van der Waals surface area contributed by atoms with Crippen molar-refractivity contribution >= 4 is 23.5 Å². The van der Waals surface area contributed by atoms with Crippen LogP contribution in [0, 0.1) is 5.92 Å². The molecule has 0 saturated carbocycles. The summed E-state index contributed by atoms with van der Waals surface area (Å²) < 4.78 is 5.44. The van der Waals surface area contributed by atoms with Crippen molar-refractivity contribution in [1.82, 2.24) is 15.2 Å². The standard InChI is InChI=1S/C24H30N4O2S/c1-17-23(18-7-10-27(17)11-8-18)26-24(29)19-2-4-20(5-3-19)31-21-6-9-25-22(16-21)28-12-14-30-15-13-28/h2-6,9,16-18,23H,7-8,10-15H2,1H3,(H,26,29)/t17-,23+/m1/s1. The average molecular weight is 439 g/mol. The molecular weight excluding hydrogens is 408 g/mol. The summed E-state index contributed by atoms with van der Waals surface area (Å²) in [4.78, 5) is 24.4. The Morgan fingerprint density at radius 3 is 2.52 bits per heavy atom. The molecule has 0 aliphatic carbocycles. The molecule has 31 heavy (non-hydrogen) atoms. The van der Waals surface area contributed by atoms with Gasteiger partial charge in [0.25, 0.3) is 5.91 Å². The number of ether oxygens (including phenoxy) is 1. The fourth-order valence-corrected chi connectivity index (χ4v) is 5.86. The number of amides is 1. The number of rotatable bonds is 5. The third-order valence-electron chi connectivity index (χ3n) is 6.88. The van der Waals surface area contributed by atoms with Gasteiger partial charge in [-0.2, -0.15) is 0 Å². The van der Waals surface area contributed by atoms with Crippen molar-refractivity contribution in [3.05, 3.63) is 48.2 Å². The molecule has 0 spiro atoms. The monoisotopic (exact) mass is 438 g/mol. The second-order valence-corrected chi connectivity index (χ2v) is 9.84. The molecule has 4 fully saturated rings. The van der Waals surface area contributed by atoms with Crippen molar-refractivity contribution in [1.29, 1.82) is 0 Å². The number of anilines is 1. The van der Waals surface area contributed by atoms with E-state index in [9.17, 15) is 4.79 Å². The van der Waals surface area contributed by atoms with Gasteiger partial charge in [-0.1, -0.05) is 11.8 Å². The van der Waals surface area contributed by atoms with E-state index in [2.05, 4.69) is 33.1 Å². The number of carbonyl (C=O) groups excluding carboxylic acids is 1. The number of carbonyl (C=O) groups is 1. The summed E-state index contributed by atoms with van der Waals surface area (Å²) in [6, 6.07) is 12.8. The Morgan fingerprint density at radius 2 is 1.81 bits per heavy atom. The zero-order valence-electron chi connectivity index (χ0n) is 18.0. The molecule has 2 atom stereocenters. The Bertz CT molecular complexity index is 906. The molecule has 4 saturated heterocycles. The average Bonchev–Trinajstić information content (AvgIpc) is 2.83. The lowest BCUT2D eigenvalue weighted by Gasteiger charge is -2.49. The minimum absolute atomic E-state index is 0.0423. The molecule has 1 aromatic carbocycles. The molecule has 1 N–H and O–H groups in total. The number of benzene rings is 1. The van der Waals surface area contributed by atoms with Crippen LogP contribution >= 0.6 is 11.8 Å². The molecule has 0 unspecified atom stereocenters. The van der Waals surface area contributed by atoms with Crippen molar-refractivity contribution in [2.24, 2.45) is 5.92 Å². The first-order chi connectivity index (χ1) is 15.2. The second kappa shape index (κ2) is 9.18. The van der Waals surface area contributed by atoms with E-state index in [-0.39, 0.29) is 11.9 Å². The molecular formula is C24H30N4O2S. The summed E-state index contributed by atoms with van der Waals surface area (Å²) in [5, 5.41) is 3.32. The van der Waals surface area contributed by atoms with Crippen LogP contribution in [0.4, 0.5) is 5.82 Å². The van der Waals surface area contributed by atoms with E-state index >= 15 is 0 Å². The van der Waals surface area contributed by atoms with Crippen LogP contribution in [-0.2, 0) is 4.74 Å². The lowest BCUT2D eigenvalue weighted by atomic mass is 9.79. The maximum absolute atomic E-state index is 12.9. The van der Waals surface area contributed by atoms with Gasteiger partial charge in [0, 0.05) is 46.7 Å². The van der Waals surface area contributed by atoms with Gasteiger partial charge in [0.05, 0.1) is 13.2 Å². The topological polar surface area (TPSA) is 57.7 Å². The van der Waals surface area contributed by atoms with Gasteiger partial charge in [0.1, 0.15) is 5.82 Å². The Morgan fingerprint density at radius 1 is 1.06 bits per heavy atom. The Balaban J connectivity index is 1.22. The quantitative estimate of drug-likeness (QED) is 0.773. The zero-order chi connectivity index (χ0) is 21.2. The number of pyridine rings is 1. The predicted molar refractivity (Wildman–Crippen MR) is 123 cm³/mol. The molecule has 7 heteroatoms. The maximum Gasteiger partial charge on any atom is 0.251 e. The smallest absolute Gasteiger partial charge is 0.251 e. The van der Waals surface area contributed by atoms with E-state index in [0.717, 1.165) is 47.5 Å². The molecule has 6 rings (SSSR count). The fraction of sp³-hybridized carbons (Fsp3) is 0.500. The first-order valence-corrected chi connectivity index (χ1v) is 12.1. The van der Waals surface area contributed by atoms with Crippen LogP contribution in [-0.4, -0.2) is 67.3 Å². The lowest BCUT2D eigenvalue weighted by molar-refractivity contribution is 0.0217. The highest BCUT2D eigenvalue weighted by Gasteiger charge is 2.40. The van der Waals surface area contributed by atoms with Gasteiger partial charge < -0.3 is 15.0 Å². The summed E-state index contributed by atoms with van der Waals surface area (Å²) >= 11 is 1.70. The van der Waals surface area contributed by atoms with E-state index < -0.39 is 0 Å². The van der Waals surface area contributed by atoms with Crippen LogP contribution in [0.25, 0.3) is 0 Å².